The van der Waals surface area contributed by atoms with E-state index in [1.807, 2.05) is 68.5 Å². The van der Waals surface area contributed by atoms with Gasteiger partial charge in [0.1, 0.15) is 11.5 Å². The number of nitrogens with one attached hydrogen (secondary N) is 2. The smallest absolute Gasteiger partial charge is 0.246 e. The quantitative estimate of drug-likeness (QED) is 0.372. The van der Waals surface area contributed by atoms with Crippen LogP contribution in [0.4, 0.5) is 11.6 Å². The molecule has 0 aliphatic heterocycles. The summed E-state index contributed by atoms with van der Waals surface area (Å²) < 4.78 is 5.92. The van der Waals surface area contributed by atoms with E-state index in [0.29, 0.717) is 11.8 Å². The van der Waals surface area contributed by atoms with E-state index in [0.717, 1.165) is 28.3 Å². The number of allylic oxidation sites excluding steroid dienone is 4. The van der Waals surface area contributed by atoms with Gasteiger partial charge < -0.3 is 10.1 Å². The van der Waals surface area contributed by atoms with E-state index in [9.17, 15) is 0 Å². The topological polar surface area (TPSA) is 62.8 Å². The molecular formula is C24H26N4O. The second-order valence-corrected chi connectivity index (χ2v) is 6.90. The van der Waals surface area contributed by atoms with Crippen molar-refractivity contribution >= 4 is 11.6 Å². The molecule has 2 N–H and O–H groups in total. The number of ether oxygens (including phenoxy) is 1. The molecule has 1 aromatic heterocycles. The van der Waals surface area contributed by atoms with Crippen molar-refractivity contribution in [1.82, 2.24) is 15.2 Å². The van der Waals surface area contributed by atoms with Crippen LogP contribution in [-0.2, 0) is 0 Å². The first-order chi connectivity index (χ1) is 14.0. The highest BCUT2D eigenvalue weighted by atomic mass is 16.5. The van der Waals surface area contributed by atoms with Crippen LogP contribution in [0.3, 0.4) is 0 Å². The summed E-state index contributed by atoms with van der Waals surface area (Å²) >= 11 is 0. The maximum Gasteiger partial charge on any atom is 0.246 e. The summed E-state index contributed by atoms with van der Waals surface area (Å²) in [5.41, 5.74) is 5.26. The van der Waals surface area contributed by atoms with Crippen molar-refractivity contribution in [2.75, 3.05) is 5.32 Å². The highest BCUT2D eigenvalue weighted by molar-refractivity contribution is 5.63. The molecule has 0 radical (unpaired) electrons. The summed E-state index contributed by atoms with van der Waals surface area (Å²) in [5.74, 6) is 2.71. The van der Waals surface area contributed by atoms with Gasteiger partial charge >= 0.3 is 0 Å². The number of nitrogens with zero attached hydrogens (tertiary/aromatic N) is 2. The fourth-order valence-corrected chi connectivity index (χ4v) is 2.79. The maximum absolute atomic E-state index is 5.92. The minimum atomic E-state index is 0.536. The van der Waals surface area contributed by atoms with Crippen LogP contribution in [0.5, 0.6) is 5.75 Å². The number of aromatic amines is 1. The van der Waals surface area contributed by atoms with Crippen molar-refractivity contribution in [2.24, 2.45) is 0 Å². The third-order valence-corrected chi connectivity index (χ3v) is 4.42. The molecule has 0 amide bonds. The van der Waals surface area contributed by atoms with Gasteiger partial charge in [0.25, 0.3) is 0 Å². The van der Waals surface area contributed by atoms with Crippen LogP contribution in [0.1, 0.15) is 25.0 Å². The molecule has 0 fully saturated rings. The summed E-state index contributed by atoms with van der Waals surface area (Å²) in [6.07, 6.45) is 5.74. The van der Waals surface area contributed by atoms with Gasteiger partial charge in [0.15, 0.2) is 5.82 Å². The molecule has 0 aliphatic rings. The van der Waals surface area contributed by atoms with Crippen molar-refractivity contribution in [3.05, 3.63) is 89.7 Å². The Morgan fingerprint density at radius 2 is 1.90 bits per heavy atom. The van der Waals surface area contributed by atoms with Crippen LogP contribution < -0.4 is 10.1 Å². The predicted octanol–water partition coefficient (Wildman–Crippen LogP) is 6.25. The summed E-state index contributed by atoms with van der Waals surface area (Å²) in [7, 11) is 0. The predicted molar refractivity (Wildman–Crippen MR) is 119 cm³/mol. The van der Waals surface area contributed by atoms with Gasteiger partial charge in [-0.25, -0.2) is 0 Å². The monoisotopic (exact) mass is 386 g/mol. The Hall–Kier alpha value is -3.60. The Morgan fingerprint density at radius 1 is 1.14 bits per heavy atom. The van der Waals surface area contributed by atoms with Gasteiger partial charge in [0.05, 0.1) is 0 Å². The number of rotatable bonds is 7. The molecule has 0 spiro atoms. The lowest BCUT2D eigenvalue weighted by Crippen LogP contribution is -1.96. The average Bonchev–Trinajstić information content (AvgIpc) is 3.14. The molecule has 2 aromatic carbocycles. The molecule has 148 valence electrons. The van der Waals surface area contributed by atoms with E-state index in [2.05, 4.69) is 47.0 Å². The Labute approximate surface area is 171 Å². The molecule has 3 aromatic rings. The molecule has 0 bridgehead atoms. The first kappa shape index (κ1) is 20.1. The molecular weight excluding hydrogens is 360 g/mol. The van der Waals surface area contributed by atoms with E-state index < -0.39 is 0 Å². The first-order valence-electron chi connectivity index (χ1n) is 9.50. The Balaban J connectivity index is 1.74. The van der Waals surface area contributed by atoms with Gasteiger partial charge in [-0.15, -0.1) is 5.10 Å². The van der Waals surface area contributed by atoms with Crippen molar-refractivity contribution in [3.63, 3.8) is 0 Å². The molecule has 0 saturated carbocycles. The second-order valence-electron chi connectivity index (χ2n) is 6.90. The minimum absolute atomic E-state index is 0.536. The zero-order valence-electron chi connectivity index (χ0n) is 17.3. The third kappa shape index (κ3) is 5.23. The molecule has 0 atom stereocenters. The van der Waals surface area contributed by atoms with Crippen molar-refractivity contribution in [1.29, 1.82) is 0 Å². The van der Waals surface area contributed by atoms with E-state index in [-0.39, 0.29) is 0 Å². The van der Waals surface area contributed by atoms with Gasteiger partial charge in [-0.2, -0.15) is 4.98 Å². The minimum Gasteiger partial charge on any atom is -0.457 e. The van der Waals surface area contributed by atoms with Gasteiger partial charge in [-0.1, -0.05) is 30.4 Å². The Morgan fingerprint density at radius 3 is 2.59 bits per heavy atom. The third-order valence-electron chi connectivity index (χ3n) is 4.42. The van der Waals surface area contributed by atoms with Crippen LogP contribution in [-0.4, -0.2) is 15.2 Å². The molecule has 0 aliphatic carbocycles. The van der Waals surface area contributed by atoms with Crippen molar-refractivity contribution in [3.8, 4) is 17.1 Å². The summed E-state index contributed by atoms with van der Waals surface area (Å²) in [6, 6.07) is 13.8. The highest BCUT2D eigenvalue weighted by Gasteiger charge is 2.08. The number of H-pyrrole nitrogens is 1. The van der Waals surface area contributed by atoms with Gasteiger partial charge in [-0.3, -0.25) is 5.10 Å². The van der Waals surface area contributed by atoms with Crippen LogP contribution in [0.15, 0.2) is 78.6 Å². The Bertz CT molecular complexity index is 1060. The zero-order valence-corrected chi connectivity index (χ0v) is 17.3. The van der Waals surface area contributed by atoms with Crippen LogP contribution >= 0.6 is 0 Å². The van der Waals surface area contributed by atoms with Crippen LogP contribution in [0, 0.1) is 13.8 Å². The lowest BCUT2D eigenvalue weighted by atomic mass is 10.1. The fourth-order valence-electron chi connectivity index (χ4n) is 2.79. The number of hydrogen-bond donors (Lipinski definition) is 2. The summed E-state index contributed by atoms with van der Waals surface area (Å²) in [6.45, 7) is 11.9. The van der Waals surface area contributed by atoms with E-state index in [1.54, 1.807) is 0 Å². The first-order valence-corrected chi connectivity index (χ1v) is 9.50. The number of anilines is 2. The average molecular weight is 386 g/mol. The van der Waals surface area contributed by atoms with Crippen LogP contribution in [0.2, 0.25) is 0 Å². The largest absolute Gasteiger partial charge is 0.457 e. The van der Waals surface area contributed by atoms with Crippen molar-refractivity contribution in [2.45, 2.75) is 27.7 Å². The second kappa shape index (κ2) is 9.06. The molecule has 5 heteroatoms. The highest BCUT2D eigenvalue weighted by Crippen LogP contribution is 2.24. The Kier molecular flexibility index (Phi) is 6.29. The lowest BCUT2D eigenvalue weighted by molar-refractivity contribution is 0.444. The number of benzene rings is 2. The zero-order chi connectivity index (χ0) is 20.8. The molecule has 0 saturated heterocycles. The van der Waals surface area contributed by atoms with Gasteiger partial charge in [0, 0.05) is 11.3 Å². The maximum atomic E-state index is 5.92. The molecule has 0 unspecified atom stereocenters. The molecule has 3 rings (SSSR count). The SMILES string of the molecule is C=C(C)/C=C(\C=C/C)Oc1ccc(-c2nc(Nc3cccc(C)c3C)n[nH]2)cc1. The lowest BCUT2D eigenvalue weighted by Gasteiger charge is -2.08. The molecule has 5 nitrogen and oxygen atoms in total. The van der Waals surface area contributed by atoms with Crippen molar-refractivity contribution < 1.29 is 4.74 Å². The normalized spacial score (nSPS) is 11.7. The van der Waals surface area contributed by atoms with Gasteiger partial charge in [0.2, 0.25) is 5.95 Å². The summed E-state index contributed by atoms with van der Waals surface area (Å²) in [4.78, 5) is 4.55. The van der Waals surface area contributed by atoms with E-state index in [4.69, 9.17) is 4.74 Å². The van der Waals surface area contributed by atoms with Crippen LogP contribution in [0.25, 0.3) is 11.4 Å². The number of hydrogen-bond acceptors (Lipinski definition) is 4. The number of aromatic nitrogens is 3. The fraction of sp³-hybridized carbons (Fsp3) is 0.167. The van der Waals surface area contributed by atoms with E-state index >= 15 is 0 Å². The molecule has 1 heterocycles. The van der Waals surface area contributed by atoms with E-state index in [1.165, 1.54) is 11.1 Å². The van der Waals surface area contributed by atoms with Gasteiger partial charge in [-0.05, 0) is 81.3 Å². The summed E-state index contributed by atoms with van der Waals surface area (Å²) in [5, 5.41) is 10.5. The number of aryl methyl sites for hydroxylation is 1. The standard InChI is InChI=1S/C24H26N4O/c1-6-8-21(15-16(2)3)29-20-13-11-19(12-14-20)23-26-24(28-27-23)25-22-10-7-9-17(4)18(22)5/h6-15H,2H2,1,3-5H3,(H2,25,26,27,28)/b8-6-,21-15+. The molecule has 29 heavy (non-hydrogen) atoms.